The predicted molar refractivity (Wildman–Crippen MR) is 98.4 cm³/mol. The summed E-state index contributed by atoms with van der Waals surface area (Å²) in [4.78, 5) is 28.2. The van der Waals surface area contributed by atoms with Crippen LogP contribution in [0.5, 0.6) is 5.75 Å². The molecule has 2 heterocycles. The predicted octanol–water partition coefficient (Wildman–Crippen LogP) is 2.24. The van der Waals surface area contributed by atoms with Crippen molar-refractivity contribution in [1.82, 2.24) is 9.80 Å². The number of piperazine rings is 1. The maximum atomic E-state index is 12.5. The Morgan fingerprint density at radius 1 is 1.38 bits per heavy atom. The standard InChI is InChI=1S/C18H22Cl2N2O4/c1-10(9-23)18(26)21-7-12-6-11(4-5-22(12)15(25)8-21)16-14(24)3-2-13(19)17(16)20/h2-3,10-12,23-24H,4-9H2,1H3/t10-,11-,12?/m0/s1. The molecule has 142 valence electrons. The van der Waals surface area contributed by atoms with Gasteiger partial charge in [0.25, 0.3) is 0 Å². The van der Waals surface area contributed by atoms with E-state index in [4.69, 9.17) is 23.2 Å². The summed E-state index contributed by atoms with van der Waals surface area (Å²) in [6.07, 6.45) is 1.27. The molecule has 0 radical (unpaired) electrons. The molecule has 0 saturated carbocycles. The quantitative estimate of drug-likeness (QED) is 0.814. The molecule has 0 aliphatic carbocycles. The number of hydrogen-bond acceptors (Lipinski definition) is 4. The summed E-state index contributed by atoms with van der Waals surface area (Å²) in [7, 11) is 0. The van der Waals surface area contributed by atoms with Crippen LogP contribution in [0.1, 0.15) is 31.2 Å². The van der Waals surface area contributed by atoms with Crippen LogP contribution in [0.15, 0.2) is 12.1 Å². The largest absolute Gasteiger partial charge is 0.508 e. The lowest BCUT2D eigenvalue weighted by Gasteiger charge is -2.46. The van der Waals surface area contributed by atoms with E-state index in [1.54, 1.807) is 17.9 Å². The highest BCUT2D eigenvalue weighted by atomic mass is 35.5. The highest BCUT2D eigenvalue weighted by molar-refractivity contribution is 6.42. The first-order chi connectivity index (χ1) is 12.3. The van der Waals surface area contributed by atoms with Gasteiger partial charge in [-0.25, -0.2) is 0 Å². The van der Waals surface area contributed by atoms with Gasteiger partial charge < -0.3 is 20.0 Å². The van der Waals surface area contributed by atoms with E-state index in [2.05, 4.69) is 0 Å². The number of aliphatic hydroxyl groups excluding tert-OH is 1. The van der Waals surface area contributed by atoms with E-state index in [-0.39, 0.29) is 42.7 Å². The zero-order valence-electron chi connectivity index (χ0n) is 14.5. The van der Waals surface area contributed by atoms with E-state index in [1.165, 1.54) is 11.0 Å². The molecule has 2 aliphatic heterocycles. The highest BCUT2D eigenvalue weighted by Gasteiger charge is 2.40. The van der Waals surface area contributed by atoms with Gasteiger partial charge in [0, 0.05) is 24.7 Å². The number of halogens is 2. The SMILES string of the molecule is C[C@@H](CO)C(=O)N1CC(=O)N2CC[C@H](c3c(O)ccc(Cl)c3Cl)CC2C1. The van der Waals surface area contributed by atoms with Gasteiger partial charge >= 0.3 is 0 Å². The molecule has 26 heavy (non-hydrogen) atoms. The average Bonchev–Trinajstić information content (AvgIpc) is 2.63. The fourth-order valence-corrected chi connectivity index (χ4v) is 4.37. The molecule has 1 unspecified atom stereocenters. The number of phenols is 1. The van der Waals surface area contributed by atoms with Gasteiger partial charge in [0.15, 0.2) is 0 Å². The monoisotopic (exact) mass is 400 g/mol. The summed E-state index contributed by atoms with van der Waals surface area (Å²) in [5.41, 5.74) is 0.610. The van der Waals surface area contributed by atoms with Crippen molar-refractivity contribution < 1.29 is 19.8 Å². The van der Waals surface area contributed by atoms with E-state index in [0.29, 0.717) is 41.5 Å². The lowest BCUT2D eigenvalue weighted by atomic mass is 9.83. The third-order valence-electron chi connectivity index (χ3n) is 5.32. The molecule has 8 heteroatoms. The Morgan fingerprint density at radius 2 is 2.12 bits per heavy atom. The van der Waals surface area contributed by atoms with E-state index < -0.39 is 5.92 Å². The van der Waals surface area contributed by atoms with Crippen molar-refractivity contribution in [2.45, 2.75) is 31.7 Å². The van der Waals surface area contributed by atoms with Gasteiger partial charge in [-0.2, -0.15) is 0 Å². The Balaban J connectivity index is 1.81. The van der Waals surface area contributed by atoms with Gasteiger partial charge in [0.2, 0.25) is 11.8 Å². The van der Waals surface area contributed by atoms with Crippen LogP contribution in [0.2, 0.25) is 10.0 Å². The number of hydrogen-bond donors (Lipinski definition) is 2. The minimum absolute atomic E-state index is 0.0411. The Bertz CT molecular complexity index is 727. The smallest absolute Gasteiger partial charge is 0.242 e. The number of aromatic hydroxyl groups is 1. The zero-order valence-corrected chi connectivity index (χ0v) is 16.0. The summed E-state index contributed by atoms with van der Waals surface area (Å²) in [6.45, 7) is 2.42. The second-order valence-electron chi connectivity index (χ2n) is 7.06. The summed E-state index contributed by atoms with van der Waals surface area (Å²) < 4.78 is 0. The third-order valence-corrected chi connectivity index (χ3v) is 6.14. The fraction of sp³-hybridized carbons (Fsp3) is 0.556. The topological polar surface area (TPSA) is 81.1 Å². The second-order valence-corrected chi connectivity index (χ2v) is 7.84. The van der Waals surface area contributed by atoms with Crippen LogP contribution >= 0.6 is 23.2 Å². The van der Waals surface area contributed by atoms with Crippen LogP contribution in [-0.2, 0) is 9.59 Å². The first kappa shape index (κ1) is 19.3. The van der Waals surface area contributed by atoms with Crippen LogP contribution in [0.4, 0.5) is 0 Å². The summed E-state index contributed by atoms with van der Waals surface area (Å²) in [6, 6.07) is 2.94. The second kappa shape index (κ2) is 7.62. The van der Waals surface area contributed by atoms with Crippen molar-refractivity contribution in [3.8, 4) is 5.75 Å². The number of piperidine rings is 1. The molecule has 0 bridgehead atoms. The minimum Gasteiger partial charge on any atom is -0.508 e. The summed E-state index contributed by atoms with van der Waals surface area (Å²) in [5.74, 6) is -0.770. The number of fused-ring (bicyclic) bond motifs is 1. The van der Waals surface area contributed by atoms with Gasteiger partial charge in [0.1, 0.15) is 5.75 Å². The zero-order chi connectivity index (χ0) is 19.0. The van der Waals surface area contributed by atoms with E-state index in [9.17, 15) is 19.8 Å². The number of benzene rings is 1. The lowest BCUT2D eigenvalue weighted by Crippen LogP contribution is -2.60. The van der Waals surface area contributed by atoms with Crippen LogP contribution in [0.3, 0.4) is 0 Å². The van der Waals surface area contributed by atoms with Crippen LogP contribution in [0, 0.1) is 5.92 Å². The number of phenolic OH excluding ortho intramolecular Hbond substituents is 1. The molecule has 1 aromatic rings. The molecular weight excluding hydrogens is 379 g/mol. The van der Waals surface area contributed by atoms with Crippen molar-refractivity contribution in [3.63, 3.8) is 0 Å². The molecule has 2 saturated heterocycles. The maximum absolute atomic E-state index is 12.5. The fourth-order valence-electron chi connectivity index (χ4n) is 3.89. The Morgan fingerprint density at radius 3 is 2.81 bits per heavy atom. The van der Waals surface area contributed by atoms with E-state index in [1.807, 2.05) is 0 Å². The first-order valence-electron chi connectivity index (χ1n) is 8.69. The average molecular weight is 401 g/mol. The molecule has 0 aromatic heterocycles. The normalized spacial score (nSPS) is 24.4. The van der Waals surface area contributed by atoms with Crippen molar-refractivity contribution in [2.24, 2.45) is 5.92 Å². The number of aliphatic hydroxyl groups is 1. The number of rotatable bonds is 3. The van der Waals surface area contributed by atoms with Crippen LogP contribution < -0.4 is 0 Å². The van der Waals surface area contributed by atoms with Gasteiger partial charge in [-0.15, -0.1) is 0 Å². The molecule has 3 atom stereocenters. The molecule has 1 aromatic carbocycles. The van der Waals surface area contributed by atoms with Gasteiger partial charge in [-0.05, 0) is 30.9 Å². The summed E-state index contributed by atoms with van der Waals surface area (Å²) >= 11 is 12.4. The number of nitrogens with zero attached hydrogens (tertiary/aromatic N) is 2. The molecule has 2 aliphatic rings. The summed E-state index contributed by atoms with van der Waals surface area (Å²) in [5, 5.41) is 20.2. The molecule has 3 rings (SSSR count). The molecule has 6 nitrogen and oxygen atoms in total. The molecule has 2 fully saturated rings. The molecule has 0 spiro atoms. The van der Waals surface area contributed by atoms with E-state index >= 15 is 0 Å². The Labute approximate surface area is 162 Å². The van der Waals surface area contributed by atoms with Gasteiger partial charge in [-0.1, -0.05) is 30.1 Å². The number of carbonyl (C=O) groups is 2. The highest BCUT2D eigenvalue weighted by Crippen LogP contribution is 2.43. The molecule has 2 amide bonds. The Hall–Kier alpha value is -1.50. The number of carbonyl (C=O) groups excluding carboxylic acids is 2. The van der Waals surface area contributed by atoms with E-state index in [0.717, 1.165) is 0 Å². The first-order valence-corrected chi connectivity index (χ1v) is 9.45. The van der Waals surface area contributed by atoms with Crippen molar-refractivity contribution in [3.05, 3.63) is 27.7 Å². The van der Waals surface area contributed by atoms with Crippen LogP contribution in [-0.4, -0.2) is 64.1 Å². The Kier molecular flexibility index (Phi) is 5.65. The third kappa shape index (κ3) is 3.50. The van der Waals surface area contributed by atoms with Gasteiger partial charge in [-0.3, -0.25) is 9.59 Å². The van der Waals surface area contributed by atoms with Crippen LogP contribution in [0.25, 0.3) is 0 Å². The van der Waals surface area contributed by atoms with Crippen molar-refractivity contribution >= 4 is 35.0 Å². The van der Waals surface area contributed by atoms with Gasteiger partial charge in [0.05, 0.1) is 29.1 Å². The number of amides is 2. The lowest BCUT2D eigenvalue weighted by molar-refractivity contribution is -0.152. The van der Waals surface area contributed by atoms with Crippen molar-refractivity contribution in [1.29, 1.82) is 0 Å². The maximum Gasteiger partial charge on any atom is 0.242 e. The molecular formula is C18H22Cl2N2O4. The van der Waals surface area contributed by atoms with Crippen molar-refractivity contribution in [2.75, 3.05) is 26.2 Å². The molecule has 2 N–H and O–H groups in total. The minimum atomic E-state index is -0.528.